The number of hydrogen-bond acceptors (Lipinski definition) is 5. The normalized spacial score (nSPS) is 16.0. The highest BCUT2D eigenvalue weighted by atomic mass is 16.3. The molecular weight excluding hydrogens is 350 g/mol. The Balaban J connectivity index is 1.61. The molecule has 1 fully saturated rings. The first-order valence-corrected chi connectivity index (χ1v) is 9.78. The van der Waals surface area contributed by atoms with E-state index in [2.05, 4.69) is 16.0 Å². The van der Waals surface area contributed by atoms with E-state index in [9.17, 15) is 5.11 Å². The van der Waals surface area contributed by atoms with Crippen LogP contribution in [0.25, 0.3) is 10.9 Å². The van der Waals surface area contributed by atoms with Crippen LogP contribution in [0.15, 0.2) is 41.4 Å². The van der Waals surface area contributed by atoms with Gasteiger partial charge in [-0.2, -0.15) is 0 Å². The summed E-state index contributed by atoms with van der Waals surface area (Å²) in [6.07, 6.45) is 3.85. The maximum Gasteiger partial charge on any atom is 0.198 e. The molecule has 1 aliphatic heterocycles. The van der Waals surface area contributed by atoms with Crippen LogP contribution in [0.2, 0.25) is 0 Å². The molecule has 3 aromatic rings. The van der Waals surface area contributed by atoms with Gasteiger partial charge in [-0.1, -0.05) is 12.5 Å². The van der Waals surface area contributed by atoms with Gasteiger partial charge in [-0.05, 0) is 68.8 Å². The van der Waals surface area contributed by atoms with E-state index in [1.54, 1.807) is 6.07 Å². The van der Waals surface area contributed by atoms with E-state index in [-0.39, 0.29) is 5.88 Å². The van der Waals surface area contributed by atoms with E-state index < -0.39 is 0 Å². The quantitative estimate of drug-likeness (QED) is 0.405. The third-order valence-corrected chi connectivity index (χ3v) is 5.43. The molecule has 28 heavy (non-hydrogen) atoms. The van der Waals surface area contributed by atoms with Gasteiger partial charge in [-0.3, -0.25) is 9.89 Å². The van der Waals surface area contributed by atoms with Crippen LogP contribution in [0.3, 0.4) is 0 Å². The zero-order chi connectivity index (χ0) is 19.7. The van der Waals surface area contributed by atoms with Gasteiger partial charge in [0.25, 0.3) is 0 Å². The second-order valence-corrected chi connectivity index (χ2v) is 7.57. The van der Waals surface area contributed by atoms with Crippen molar-refractivity contribution in [3.05, 3.63) is 47.5 Å². The number of anilines is 2. The highest BCUT2D eigenvalue weighted by Crippen LogP contribution is 2.31. The molecule has 146 valence electrons. The second-order valence-electron chi connectivity index (χ2n) is 7.57. The lowest BCUT2D eigenvalue weighted by molar-refractivity contribution is 0.221. The molecule has 0 bridgehead atoms. The predicted octanol–water partition coefficient (Wildman–Crippen LogP) is 4.16. The van der Waals surface area contributed by atoms with Crippen LogP contribution < -0.4 is 11.5 Å². The number of hydrogen-bond donors (Lipinski definition) is 4. The number of benzene rings is 2. The lowest BCUT2D eigenvalue weighted by atomic mass is 10.1. The fourth-order valence-electron chi connectivity index (χ4n) is 3.97. The zero-order valence-corrected chi connectivity index (χ0v) is 16.2. The summed E-state index contributed by atoms with van der Waals surface area (Å²) in [7, 11) is 0. The molecule has 0 amide bonds. The molecule has 2 heterocycles. The van der Waals surface area contributed by atoms with Crippen molar-refractivity contribution in [2.45, 2.75) is 32.7 Å². The molecule has 1 aromatic heterocycles. The third kappa shape index (κ3) is 3.68. The molecule has 0 saturated carbocycles. The smallest absolute Gasteiger partial charge is 0.198 e. The summed E-state index contributed by atoms with van der Waals surface area (Å²) in [6.45, 7) is 5.05. The molecule has 4 rings (SSSR count). The average molecular weight is 377 g/mol. The summed E-state index contributed by atoms with van der Waals surface area (Å²) in [5.41, 5.74) is 17.7. The van der Waals surface area contributed by atoms with Gasteiger partial charge in [0.15, 0.2) is 5.88 Å². The summed E-state index contributed by atoms with van der Waals surface area (Å²) in [4.78, 5) is 10.1. The number of aromatic hydroxyl groups is 1. The van der Waals surface area contributed by atoms with E-state index >= 15 is 0 Å². The number of nitrogens with one attached hydrogen (secondary N) is 1. The Morgan fingerprint density at radius 1 is 1.11 bits per heavy atom. The molecule has 0 radical (unpaired) electrons. The number of piperidine rings is 1. The van der Waals surface area contributed by atoms with E-state index in [4.69, 9.17) is 16.5 Å². The minimum atomic E-state index is 0.0940. The van der Waals surface area contributed by atoms with Gasteiger partial charge >= 0.3 is 0 Å². The fraction of sp³-hybridized carbons (Fsp3) is 0.318. The van der Waals surface area contributed by atoms with Crippen molar-refractivity contribution in [3.8, 4) is 5.88 Å². The summed E-state index contributed by atoms with van der Waals surface area (Å²) in [6, 6.07) is 11.5. The van der Waals surface area contributed by atoms with Crippen molar-refractivity contribution in [1.82, 2.24) is 9.88 Å². The van der Waals surface area contributed by atoms with Crippen molar-refractivity contribution in [2.24, 2.45) is 4.99 Å². The Bertz CT molecular complexity index is 1030. The Labute approximate surface area is 164 Å². The molecule has 0 atom stereocenters. The molecule has 1 aliphatic rings. The van der Waals surface area contributed by atoms with Gasteiger partial charge in [-0.15, -0.1) is 0 Å². The molecule has 2 aromatic carbocycles. The number of rotatable bonds is 4. The van der Waals surface area contributed by atoms with Gasteiger partial charge in [0.2, 0.25) is 0 Å². The number of likely N-dealkylation sites (tertiary alicyclic amines) is 1. The predicted molar refractivity (Wildman–Crippen MR) is 116 cm³/mol. The summed E-state index contributed by atoms with van der Waals surface area (Å²) in [5, 5.41) is 11.2. The van der Waals surface area contributed by atoms with E-state index in [1.807, 2.05) is 31.2 Å². The lowest BCUT2D eigenvalue weighted by Gasteiger charge is -2.26. The van der Waals surface area contributed by atoms with Crippen molar-refractivity contribution in [2.75, 3.05) is 24.6 Å². The Kier molecular flexibility index (Phi) is 4.96. The number of nitrogens with zero attached hydrogens (tertiary/aromatic N) is 2. The number of H-pyrrole nitrogens is 1. The number of nitrogen functional groups attached to an aromatic ring is 2. The monoisotopic (exact) mass is 377 g/mol. The highest BCUT2D eigenvalue weighted by molar-refractivity contribution is 6.13. The SMILES string of the molecule is CC(=Nc1ccc(CN2CCCCC2)c(N)c1)c1c(O)[nH]c2ccc(N)cc12. The van der Waals surface area contributed by atoms with Crippen LogP contribution >= 0.6 is 0 Å². The number of nitrogens with two attached hydrogens (primary N) is 2. The molecule has 1 saturated heterocycles. The molecule has 6 heteroatoms. The second kappa shape index (κ2) is 7.56. The topological polar surface area (TPSA) is 104 Å². The first-order chi connectivity index (χ1) is 13.5. The standard InChI is InChI=1S/C22H27N5O/c1-14(21-18-11-16(23)6-8-20(18)26-22(21)28)25-17-7-5-15(19(24)12-17)13-27-9-3-2-4-10-27/h5-8,11-12,26,28H,2-4,9-10,13,23-24H2,1H3. The number of aromatic amines is 1. The molecule has 0 spiro atoms. The number of fused-ring (bicyclic) bond motifs is 1. The van der Waals surface area contributed by atoms with E-state index in [0.717, 1.165) is 47.5 Å². The van der Waals surface area contributed by atoms with Crippen LogP contribution in [-0.4, -0.2) is 33.8 Å². The maximum absolute atomic E-state index is 10.3. The third-order valence-electron chi connectivity index (χ3n) is 5.43. The van der Waals surface area contributed by atoms with Gasteiger partial charge in [0.05, 0.1) is 17.0 Å². The van der Waals surface area contributed by atoms with Crippen molar-refractivity contribution < 1.29 is 5.11 Å². The van der Waals surface area contributed by atoms with Crippen LogP contribution in [0.1, 0.15) is 37.3 Å². The molecular formula is C22H27N5O. The lowest BCUT2D eigenvalue weighted by Crippen LogP contribution is -2.29. The Morgan fingerprint density at radius 2 is 1.89 bits per heavy atom. The van der Waals surface area contributed by atoms with Crippen LogP contribution in [0.5, 0.6) is 5.88 Å². The van der Waals surface area contributed by atoms with Crippen molar-refractivity contribution in [3.63, 3.8) is 0 Å². The Hall–Kier alpha value is -2.99. The van der Waals surface area contributed by atoms with Crippen LogP contribution in [0.4, 0.5) is 17.1 Å². The van der Waals surface area contributed by atoms with Gasteiger partial charge in [-0.25, -0.2) is 0 Å². The average Bonchev–Trinajstić information content (AvgIpc) is 3.00. The van der Waals surface area contributed by atoms with Gasteiger partial charge in [0, 0.05) is 28.8 Å². The zero-order valence-electron chi connectivity index (χ0n) is 16.2. The van der Waals surface area contributed by atoms with Crippen LogP contribution in [0, 0.1) is 0 Å². The fourth-order valence-corrected chi connectivity index (χ4v) is 3.97. The summed E-state index contributed by atoms with van der Waals surface area (Å²) >= 11 is 0. The largest absolute Gasteiger partial charge is 0.494 e. The molecule has 0 unspecified atom stereocenters. The van der Waals surface area contributed by atoms with Gasteiger partial charge < -0.3 is 21.6 Å². The highest BCUT2D eigenvalue weighted by Gasteiger charge is 2.15. The summed E-state index contributed by atoms with van der Waals surface area (Å²) in [5.74, 6) is 0.0940. The first kappa shape index (κ1) is 18.4. The minimum absolute atomic E-state index is 0.0940. The van der Waals surface area contributed by atoms with E-state index in [1.165, 1.54) is 19.3 Å². The number of aromatic nitrogens is 1. The van der Waals surface area contributed by atoms with E-state index in [0.29, 0.717) is 17.0 Å². The first-order valence-electron chi connectivity index (χ1n) is 9.78. The summed E-state index contributed by atoms with van der Waals surface area (Å²) < 4.78 is 0. The molecule has 6 N–H and O–H groups in total. The molecule has 0 aliphatic carbocycles. The Morgan fingerprint density at radius 3 is 2.64 bits per heavy atom. The van der Waals surface area contributed by atoms with Gasteiger partial charge in [0.1, 0.15) is 0 Å². The van der Waals surface area contributed by atoms with Crippen LogP contribution in [-0.2, 0) is 6.54 Å². The number of aliphatic imine (C=N–C) groups is 1. The molecule has 6 nitrogen and oxygen atoms in total. The minimum Gasteiger partial charge on any atom is -0.494 e. The maximum atomic E-state index is 10.3. The van der Waals surface area contributed by atoms with Crippen molar-refractivity contribution in [1.29, 1.82) is 0 Å². The van der Waals surface area contributed by atoms with Crippen molar-refractivity contribution >= 4 is 33.7 Å².